The predicted octanol–water partition coefficient (Wildman–Crippen LogP) is 4.57. The summed E-state index contributed by atoms with van der Waals surface area (Å²) in [6, 6.07) is 4.97. The fourth-order valence-electron chi connectivity index (χ4n) is 3.22. The number of rotatable bonds is 7. The van der Waals surface area contributed by atoms with Gasteiger partial charge in [0.1, 0.15) is 30.6 Å². The lowest BCUT2D eigenvalue weighted by Gasteiger charge is -2.10. The maximum Gasteiger partial charge on any atom is 0.274 e. The number of benzene rings is 1. The molecule has 7 nitrogen and oxygen atoms in total. The molecule has 0 unspecified atom stereocenters. The van der Waals surface area contributed by atoms with E-state index in [1.807, 2.05) is 0 Å². The van der Waals surface area contributed by atoms with Crippen LogP contribution >= 0.6 is 11.6 Å². The van der Waals surface area contributed by atoms with Crippen molar-refractivity contribution < 1.29 is 22.7 Å². The number of pyridine rings is 1. The minimum atomic E-state index is -0.740. The number of aryl methyl sites for hydroxylation is 2. The van der Waals surface area contributed by atoms with Crippen molar-refractivity contribution in [2.45, 2.75) is 20.1 Å². The molecule has 0 saturated heterocycles. The van der Waals surface area contributed by atoms with Gasteiger partial charge in [-0.15, -0.1) is 0 Å². The third-order valence-corrected chi connectivity index (χ3v) is 4.89. The molecule has 0 spiro atoms. The maximum absolute atomic E-state index is 13.9. The number of hydrogen-bond acceptors (Lipinski definition) is 4. The number of carbonyl (C=O) groups is 1. The topological polar surface area (TPSA) is 73.5 Å². The molecule has 0 aliphatic rings. The van der Waals surface area contributed by atoms with E-state index in [1.54, 1.807) is 6.92 Å². The molecule has 166 valence electrons. The number of imidazole rings is 1. The summed E-state index contributed by atoms with van der Waals surface area (Å²) in [6.45, 7) is 0.723. The number of halogens is 4. The Morgan fingerprint density at radius 3 is 2.72 bits per heavy atom. The molecule has 4 aromatic rings. The Hall–Kier alpha value is -3.53. The molecule has 0 saturated carbocycles. The number of aromatic nitrogens is 4. The zero-order valence-corrected chi connectivity index (χ0v) is 17.5. The van der Waals surface area contributed by atoms with E-state index in [0.717, 1.165) is 12.1 Å². The second-order valence-corrected chi connectivity index (χ2v) is 7.32. The molecule has 1 N–H and O–H groups in total. The van der Waals surface area contributed by atoms with E-state index >= 15 is 0 Å². The lowest BCUT2D eigenvalue weighted by molar-refractivity contribution is 0.102. The molecule has 0 fully saturated rings. The lowest BCUT2D eigenvalue weighted by Crippen LogP contribution is -2.15. The summed E-state index contributed by atoms with van der Waals surface area (Å²) >= 11 is 6.20. The summed E-state index contributed by atoms with van der Waals surface area (Å²) in [5.41, 5.74) is 0.955. The number of alkyl halides is 1. The minimum absolute atomic E-state index is 0.0728. The number of anilines is 1. The molecule has 3 aromatic heterocycles. The first-order valence-corrected chi connectivity index (χ1v) is 9.89. The van der Waals surface area contributed by atoms with Crippen molar-refractivity contribution in [1.29, 1.82) is 0 Å². The fraction of sp³-hybridized carbons (Fsp3) is 0.190. The van der Waals surface area contributed by atoms with Crippen LogP contribution in [0, 0.1) is 18.6 Å². The number of nitrogens with one attached hydrogen (secondary N) is 1. The van der Waals surface area contributed by atoms with Crippen LogP contribution in [-0.2, 0) is 13.2 Å². The quantitative estimate of drug-likeness (QED) is 0.435. The second kappa shape index (κ2) is 8.91. The van der Waals surface area contributed by atoms with E-state index in [0.29, 0.717) is 11.4 Å². The maximum atomic E-state index is 13.9. The molecule has 0 atom stereocenters. The number of fused-ring (bicyclic) bond motifs is 1. The molecule has 4 rings (SSSR count). The van der Waals surface area contributed by atoms with Crippen molar-refractivity contribution in [2.24, 2.45) is 0 Å². The first-order valence-electron chi connectivity index (χ1n) is 9.51. The molecule has 11 heteroatoms. The van der Waals surface area contributed by atoms with Gasteiger partial charge in [-0.05, 0) is 19.1 Å². The third-order valence-electron chi connectivity index (χ3n) is 4.68. The van der Waals surface area contributed by atoms with Crippen molar-refractivity contribution in [3.63, 3.8) is 0 Å². The van der Waals surface area contributed by atoms with Crippen LogP contribution in [0.25, 0.3) is 5.65 Å². The normalized spacial score (nSPS) is 11.2. The minimum Gasteiger partial charge on any atom is -0.485 e. The summed E-state index contributed by atoms with van der Waals surface area (Å²) in [5, 5.41) is 6.86. The second-order valence-electron chi connectivity index (χ2n) is 6.89. The Bertz CT molecular complexity index is 1280. The van der Waals surface area contributed by atoms with Crippen LogP contribution in [0.4, 0.5) is 18.9 Å². The number of carbonyl (C=O) groups excluding carboxylic acids is 1. The number of amides is 1. The molecule has 3 heterocycles. The van der Waals surface area contributed by atoms with Crippen LogP contribution in [0.15, 0.2) is 42.9 Å². The SMILES string of the molecule is Cc1nc2c(OCc3c(F)cccc3F)cc(Cl)cn2c1C(=O)Nc1cnn(CCF)c1. The first kappa shape index (κ1) is 21.7. The van der Waals surface area contributed by atoms with E-state index in [9.17, 15) is 18.0 Å². The highest BCUT2D eigenvalue weighted by molar-refractivity contribution is 6.30. The van der Waals surface area contributed by atoms with Gasteiger partial charge < -0.3 is 10.1 Å². The fourth-order valence-corrected chi connectivity index (χ4v) is 3.42. The Balaban J connectivity index is 1.64. The molecule has 0 aliphatic heterocycles. The van der Waals surface area contributed by atoms with Gasteiger partial charge in [-0.2, -0.15) is 5.10 Å². The van der Waals surface area contributed by atoms with Gasteiger partial charge in [-0.3, -0.25) is 13.9 Å². The highest BCUT2D eigenvalue weighted by Crippen LogP contribution is 2.28. The predicted molar refractivity (Wildman–Crippen MR) is 112 cm³/mol. The van der Waals surface area contributed by atoms with Crippen LogP contribution in [0.3, 0.4) is 0 Å². The Morgan fingerprint density at radius 1 is 1.25 bits per heavy atom. The van der Waals surface area contributed by atoms with E-state index in [-0.39, 0.29) is 34.2 Å². The van der Waals surface area contributed by atoms with Gasteiger partial charge in [-0.1, -0.05) is 17.7 Å². The average Bonchev–Trinajstić information content (AvgIpc) is 3.31. The summed E-state index contributed by atoms with van der Waals surface area (Å²) in [5.74, 6) is -1.83. The van der Waals surface area contributed by atoms with Crippen LogP contribution < -0.4 is 10.1 Å². The van der Waals surface area contributed by atoms with Crippen molar-refractivity contribution >= 4 is 28.8 Å². The molecule has 32 heavy (non-hydrogen) atoms. The summed E-state index contributed by atoms with van der Waals surface area (Å²) in [7, 11) is 0. The third kappa shape index (κ3) is 4.26. The molecule has 1 amide bonds. The van der Waals surface area contributed by atoms with E-state index in [4.69, 9.17) is 16.3 Å². The smallest absolute Gasteiger partial charge is 0.274 e. The lowest BCUT2D eigenvalue weighted by atomic mass is 10.2. The van der Waals surface area contributed by atoms with Crippen molar-refractivity contribution in [2.75, 3.05) is 12.0 Å². The zero-order chi connectivity index (χ0) is 22.8. The van der Waals surface area contributed by atoms with Crippen LogP contribution in [0.2, 0.25) is 5.02 Å². The zero-order valence-electron chi connectivity index (χ0n) is 16.8. The van der Waals surface area contributed by atoms with E-state index in [2.05, 4.69) is 15.4 Å². The van der Waals surface area contributed by atoms with Gasteiger partial charge in [0.25, 0.3) is 5.91 Å². The molecule has 0 bridgehead atoms. The van der Waals surface area contributed by atoms with Crippen LogP contribution in [0.1, 0.15) is 21.7 Å². The van der Waals surface area contributed by atoms with Crippen molar-refractivity contribution in [1.82, 2.24) is 19.2 Å². The van der Waals surface area contributed by atoms with Gasteiger partial charge in [0.15, 0.2) is 11.4 Å². The summed E-state index contributed by atoms with van der Waals surface area (Å²) in [6.07, 6.45) is 4.38. The highest BCUT2D eigenvalue weighted by atomic mass is 35.5. The van der Waals surface area contributed by atoms with Gasteiger partial charge in [-0.25, -0.2) is 18.2 Å². The Labute approximate surface area is 185 Å². The van der Waals surface area contributed by atoms with Gasteiger partial charge in [0.05, 0.1) is 34.7 Å². The monoisotopic (exact) mass is 463 g/mol. The van der Waals surface area contributed by atoms with Gasteiger partial charge >= 0.3 is 0 Å². The van der Waals surface area contributed by atoms with Crippen LogP contribution in [0.5, 0.6) is 5.75 Å². The Morgan fingerprint density at radius 2 is 2.00 bits per heavy atom. The highest BCUT2D eigenvalue weighted by Gasteiger charge is 2.21. The summed E-state index contributed by atoms with van der Waals surface area (Å²) < 4.78 is 48.7. The number of nitrogens with zero attached hydrogens (tertiary/aromatic N) is 4. The average molecular weight is 464 g/mol. The molecular formula is C21H17ClF3N5O2. The van der Waals surface area contributed by atoms with Gasteiger partial charge in [0, 0.05) is 18.5 Å². The Kier molecular flexibility index (Phi) is 6.04. The van der Waals surface area contributed by atoms with Gasteiger partial charge in [0.2, 0.25) is 0 Å². The largest absolute Gasteiger partial charge is 0.485 e. The molecule has 1 aromatic carbocycles. The standard InChI is InChI=1S/C21H17ClF3N5O2/c1-12-19(21(31)28-14-8-26-29(10-14)6-5-23)30-9-13(22)7-18(20(30)27-12)32-11-15-16(24)3-2-4-17(15)25/h2-4,7-10H,5-6,11H2,1H3,(H,28,31). The van der Waals surface area contributed by atoms with Crippen molar-refractivity contribution in [3.8, 4) is 5.75 Å². The molecule has 0 radical (unpaired) electrons. The first-order chi connectivity index (χ1) is 15.4. The molecule has 0 aliphatic carbocycles. The van der Waals surface area contributed by atoms with E-state index in [1.165, 1.54) is 39.8 Å². The van der Waals surface area contributed by atoms with Crippen LogP contribution in [-0.4, -0.2) is 31.7 Å². The van der Waals surface area contributed by atoms with Crippen molar-refractivity contribution in [3.05, 3.63) is 76.5 Å². The summed E-state index contributed by atoms with van der Waals surface area (Å²) in [4.78, 5) is 17.3. The number of hydrogen-bond donors (Lipinski definition) is 1. The number of ether oxygens (including phenoxy) is 1. The van der Waals surface area contributed by atoms with E-state index < -0.39 is 30.8 Å². The molecular weight excluding hydrogens is 447 g/mol.